The summed E-state index contributed by atoms with van der Waals surface area (Å²) in [6.45, 7) is 2.81. The lowest BCUT2D eigenvalue weighted by Gasteiger charge is -2.11. The Hall–Kier alpha value is -1.39. The first-order valence-corrected chi connectivity index (χ1v) is 7.78. The van der Waals surface area contributed by atoms with Gasteiger partial charge in [-0.1, -0.05) is 24.3 Å². The molecule has 1 aliphatic rings. The fourth-order valence-electron chi connectivity index (χ4n) is 2.64. The zero-order valence-corrected chi connectivity index (χ0v) is 12.7. The van der Waals surface area contributed by atoms with Crippen molar-refractivity contribution in [3.63, 3.8) is 0 Å². The predicted molar refractivity (Wildman–Crippen MR) is 81.9 cm³/mol. The van der Waals surface area contributed by atoms with Crippen LogP contribution in [-0.4, -0.2) is 29.8 Å². The monoisotopic (exact) mass is 291 g/mol. The summed E-state index contributed by atoms with van der Waals surface area (Å²) in [6.07, 6.45) is 4.97. The van der Waals surface area contributed by atoms with Gasteiger partial charge >= 0.3 is 0 Å². The molecule has 0 radical (unpaired) electrons. The standard InChI is InChI=1S/C17H25NO3/c1-13-2-7-16(21-13)8-9-17(20)18-11-10-14-3-5-15(12-19)6-4-14/h3-6,13,16,19H,2,7-12H2,1H3,(H,18,20). The van der Waals surface area contributed by atoms with Crippen LogP contribution in [0.25, 0.3) is 0 Å². The number of amides is 1. The molecule has 4 nitrogen and oxygen atoms in total. The van der Waals surface area contributed by atoms with Crippen LogP contribution >= 0.6 is 0 Å². The third-order valence-electron chi connectivity index (χ3n) is 3.95. The van der Waals surface area contributed by atoms with Crippen molar-refractivity contribution in [2.45, 2.75) is 57.8 Å². The van der Waals surface area contributed by atoms with E-state index < -0.39 is 0 Å². The number of benzene rings is 1. The van der Waals surface area contributed by atoms with Crippen molar-refractivity contribution >= 4 is 5.91 Å². The Morgan fingerprint density at radius 1 is 1.29 bits per heavy atom. The van der Waals surface area contributed by atoms with Crippen molar-refractivity contribution in [2.75, 3.05) is 6.54 Å². The molecule has 4 heteroatoms. The number of hydrogen-bond donors (Lipinski definition) is 2. The molecule has 1 fully saturated rings. The maximum absolute atomic E-state index is 11.8. The number of carbonyl (C=O) groups excluding carboxylic acids is 1. The number of nitrogens with one attached hydrogen (secondary N) is 1. The third kappa shape index (κ3) is 5.48. The van der Waals surface area contributed by atoms with E-state index in [1.807, 2.05) is 24.3 Å². The molecule has 1 heterocycles. The molecule has 0 spiro atoms. The summed E-state index contributed by atoms with van der Waals surface area (Å²) in [5.41, 5.74) is 2.08. The predicted octanol–water partition coefficient (Wildman–Crippen LogP) is 2.19. The Morgan fingerprint density at radius 3 is 2.62 bits per heavy atom. The first kappa shape index (κ1) is 16.0. The van der Waals surface area contributed by atoms with Crippen molar-refractivity contribution in [1.29, 1.82) is 0 Å². The highest BCUT2D eigenvalue weighted by Gasteiger charge is 2.21. The van der Waals surface area contributed by atoms with E-state index in [2.05, 4.69) is 12.2 Å². The molecule has 2 N–H and O–H groups in total. The highest BCUT2D eigenvalue weighted by atomic mass is 16.5. The van der Waals surface area contributed by atoms with Crippen LogP contribution in [0.15, 0.2) is 24.3 Å². The van der Waals surface area contributed by atoms with E-state index in [9.17, 15) is 4.79 Å². The van der Waals surface area contributed by atoms with Gasteiger partial charge in [0.05, 0.1) is 18.8 Å². The SMILES string of the molecule is CC1CCC(CCC(=O)NCCc2ccc(CO)cc2)O1. The lowest BCUT2D eigenvalue weighted by Crippen LogP contribution is -2.26. The number of aliphatic hydroxyl groups is 1. The maximum Gasteiger partial charge on any atom is 0.220 e. The van der Waals surface area contributed by atoms with Crippen molar-refractivity contribution in [3.8, 4) is 0 Å². The second kappa shape index (κ2) is 8.15. The van der Waals surface area contributed by atoms with Gasteiger partial charge in [0.25, 0.3) is 0 Å². The molecule has 1 aromatic rings. The van der Waals surface area contributed by atoms with Crippen molar-refractivity contribution < 1.29 is 14.6 Å². The minimum Gasteiger partial charge on any atom is -0.392 e. The number of hydrogen-bond acceptors (Lipinski definition) is 3. The quantitative estimate of drug-likeness (QED) is 0.809. The molecule has 0 saturated carbocycles. The fourth-order valence-corrected chi connectivity index (χ4v) is 2.64. The molecule has 2 rings (SSSR count). The fraction of sp³-hybridized carbons (Fsp3) is 0.588. The smallest absolute Gasteiger partial charge is 0.220 e. The lowest BCUT2D eigenvalue weighted by atomic mass is 10.1. The molecule has 0 bridgehead atoms. The summed E-state index contributed by atoms with van der Waals surface area (Å²) in [6, 6.07) is 7.81. The highest BCUT2D eigenvalue weighted by molar-refractivity contribution is 5.75. The van der Waals surface area contributed by atoms with Crippen molar-refractivity contribution in [2.24, 2.45) is 0 Å². The molecule has 21 heavy (non-hydrogen) atoms. The van der Waals surface area contributed by atoms with E-state index in [0.717, 1.165) is 31.2 Å². The van der Waals surface area contributed by atoms with Gasteiger partial charge in [0.2, 0.25) is 5.91 Å². The molecule has 2 unspecified atom stereocenters. The Bertz CT molecular complexity index is 444. The summed E-state index contributed by atoms with van der Waals surface area (Å²) in [5, 5.41) is 11.9. The Balaban J connectivity index is 1.60. The number of ether oxygens (including phenoxy) is 1. The summed E-state index contributed by atoms with van der Waals surface area (Å²) in [4.78, 5) is 11.8. The van der Waals surface area contributed by atoms with Gasteiger partial charge < -0.3 is 15.2 Å². The molecular formula is C17H25NO3. The van der Waals surface area contributed by atoms with Crippen LogP contribution in [0.1, 0.15) is 43.7 Å². The molecule has 1 aliphatic heterocycles. The van der Waals surface area contributed by atoms with Crippen molar-refractivity contribution in [3.05, 3.63) is 35.4 Å². The van der Waals surface area contributed by atoms with Gasteiger partial charge in [-0.2, -0.15) is 0 Å². The van der Waals surface area contributed by atoms with Crippen LogP contribution in [0.4, 0.5) is 0 Å². The topological polar surface area (TPSA) is 58.6 Å². The van der Waals surface area contributed by atoms with E-state index in [0.29, 0.717) is 19.1 Å². The van der Waals surface area contributed by atoms with E-state index in [-0.39, 0.29) is 18.6 Å². The molecule has 2 atom stereocenters. The summed E-state index contributed by atoms with van der Waals surface area (Å²) in [7, 11) is 0. The highest BCUT2D eigenvalue weighted by Crippen LogP contribution is 2.22. The molecule has 1 amide bonds. The van der Waals surface area contributed by atoms with Crippen molar-refractivity contribution in [1.82, 2.24) is 5.32 Å². The van der Waals surface area contributed by atoms with Crippen LogP contribution in [0, 0.1) is 0 Å². The lowest BCUT2D eigenvalue weighted by molar-refractivity contribution is -0.121. The normalized spacial score (nSPS) is 21.4. The second-order valence-electron chi connectivity index (χ2n) is 5.76. The Labute approximate surface area is 126 Å². The largest absolute Gasteiger partial charge is 0.392 e. The number of carbonyl (C=O) groups is 1. The average molecular weight is 291 g/mol. The third-order valence-corrected chi connectivity index (χ3v) is 3.95. The summed E-state index contributed by atoms with van der Waals surface area (Å²) < 4.78 is 5.71. The minimum absolute atomic E-state index is 0.0683. The van der Waals surface area contributed by atoms with E-state index >= 15 is 0 Å². The van der Waals surface area contributed by atoms with Gasteiger partial charge in [-0.15, -0.1) is 0 Å². The molecule has 1 saturated heterocycles. The molecule has 116 valence electrons. The Morgan fingerprint density at radius 2 is 2.00 bits per heavy atom. The zero-order valence-electron chi connectivity index (χ0n) is 12.7. The molecule has 0 aliphatic carbocycles. The van der Waals surface area contributed by atoms with Crippen LogP contribution < -0.4 is 5.32 Å². The van der Waals surface area contributed by atoms with Gasteiger partial charge in [0.1, 0.15) is 0 Å². The zero-order chi connectivity index (χ0) is 15.1. The van der Waals surface area contributed by atoms with E-state index in [1.165, 1.54) is 5.56 Å². The van der Waals surface area contributed by atoms with Crippen LogP contribution in [0.2, 0.25) is 0 Å². The van der Waals surface area contributed by atoms with Crippen LogP contribution in [0.3, 0.4) is 0 Å². The Kier molecular flexibility index (Phi) is 6.21. The summed E-state index contributed by atoms with van der Waals surface area (Å²) in [5.74, 6) is 0.102. The first-order valence-electron chi connectivity index (χ1n) is 7.78. The van der Waals surface area contributed by atoms with E-state index in [4.69, 9.17) is 9.84 Å². The van der Waals surface area contributed by atoms with E-state index in [1.54, 1.807) is 0 Å². The summed E-state index contributed by atoms with van der Waals surface area (Å²) >= 11 is 0. The molecule has 1 aromatic carbocycles. The van der Waals surface area contributed by atoms with Gasteiger partial charge in [0, 0.05) is 13.0 Å². The van der Waals surface area contributed by atoms with Gasteiger partial charge in [-0.05, 0) is 43.7 Å². The number of aliphatic hydroxyl groups excluding tert-OH is 1. The molecular weight excluding hydrogens is 266 g/mol. The molecule has 0 aromatic heterocycles. The number of rotatable bonds is 7. The van der Waals surface area contributed by atoms with Gasteiger partial charge in [0.15, 0.2) is 0 Å². The van der Waals surface area contributed by atoms with Gasteiger partial charge in [-0.3, -0.25) is 4.79 Å². The maximum atomic E-state index is 11.8. The second-order valence-corrected chi connectivity index (χ2v) is 5.76. The van der Waals surface area contributed by atoms with Crippen LogP contribution in [-0.2, 0) is 22.6 Å². The van der Waals surface area contributed by atoms with Crippen LogP contribution in [0.5, 0.6) is 0 Å². The average Bonchev–Trinajstić information content (AvgIpc) is 2.91. The minimum atomic E-state index is 0.0683. The first-order chi connectivity index (χ1) is 10.2. The van der Waals surface area contributed by atoms with Gasteiger partial charge in [-0.25, -0.2) is 0 Å².